The Bertz CT molecular complexity index is 798. The highest BCUT2D eigenvalue weighted by Crippen LogP contribution is 2.18. The summed E-state index contributed by atoms with van der Waals surface area (Å²) >= 11 is 5.84. The zero-order valence-electron chi connectivity index (χ0n) is 12.9. The fourth-order valence-corrected chi connectivity index (χ4v) is 2.34. The number of ether oxygens (including phenoxy) is 1. The molecule has 24 heavy (non-hydrogen) atoms. The summed E-state index contributed by atoms with van der Waals surface area (Å²) in [7, 11) is 0. The molecule has 0 spiro atoms. The van der Waals surface area contributed by atoms with E-state index >= 15 is 0 Å². The molecule has 0 aliphatic rings. The quantitative estimate of drug-likeness (QED) is 0.648. The smallest absolute Gasteiger partial charge is 0.340 e. The van der Waals surface area contributed by atoms with E-state index in [9.17, 15) is 4.79 Å². The SMILES string of the molecule is O=C(OCc1ccc(Cl)cc1)c1ccccc1NCc1ccco1. The van der Waals surface area contributed by atoms with Gasteiger partial charge in [-0.05, 0) is 42.0 Å². The molecule has 0 unspecified atom stereocenters. The van der Waals surface area contributed by atoms with Crippen molar-refractivity contribution in [3.05, 3.63) is 88.8 Å². The van der Waals surface area contributed by atoms with Crippen LogP contribution in [-0.2, 0) is 17.9 Å². The van der Waals surface area contributed by atoms with Crippen LogP contribution < -0.4 is 5.32 Å². The Labute approximate surface area is 145 Å². The van der Waals surface area contributed by atoms with Crippen LogP contribution >= 0.6 is 11.6 Å². The van der Waals surface area contributed by atoms with Gasteiger partial charge in [-0.1, -0.05) is 35.9 Å². The van der Waals surface area contributed by atoms with Gasteiger partial charge in [0.2, 0.25) is 0 Å². The third kappa shape index (κ3) is 4.18. The Morgan fingerprint density at radius 3 is 2.58 bits per heavy atom. The lowest BCUT2D eigenvalue weighted by atomic mass is 10.1. The summed E-state index contributed by atoms with van der Waals surface area (Å²) in [6, 6.07) is 18.1. The normalized spacial score (nSPS) is 10.4. The third-order valence-corrected chi connectivity index (χ3v) is 3.72. The van der Waals surface area contributed by atoms with E-state index in [1.165, 1.54) is 0 Å². The van der Waals surface area contributed by atoms with Crippen LogP contribution in [0.4, 0.5) is 5.69 Å². The minimum atomic E-state index is -0.382. The molecule has 1 N–H and O–H groups in total. The zero-order valence-corrected chi connectivity index (χ0v) is 13.6. The van der Waals surface area contributed by atoms with E-state index in [0.717, 1.165) is 11.3 Å². The summed E-state index contributed by atoms with van der Waals surface area (Å²) in [6.45, 7) is 0.691. The van der Waals surface area contributed by atoms with Crippen LogP contribution in [0.5, 0.6) is 0 Å². The second-order valence-electron chi connectivity index (χ2n) is 5.18. The largest absolute Gasteiger partial charge is 0.467 e. The fourth-order valence-electron chi connectivity index (χ4n) is 2.22. The van der Waals surface area contributed by atoms with Crippen molar-refractivity contribution >= 4 is 23.3 Å². The molecule has 0 amide bonds. The van der Waals surface area contributed by atoms with Crippen molar-refractivity contribution in [2.45, 2.75) is 13.2 Å². The van der Waals surface area contributed by atoms with Gasteiger partial charge in [-0.25, -0.2) is 4.79 Å². The Hall–Kier alpha value is -2.72. The van der Waals surface area contributed by atoms with E-state index in [-0.39, 0.29) is 12.6 Å². The lowest BCUT2D eigenvalue weighted by Crippen LogP contribution is -2.09. The highest BCUT2D eigenvalue weighted by Gasteiger charge is 2.12. The number of nitrogens with one attached hydrogen (secondary N) is 1. The maximum atomic E-state index is 12.4. The molecule has 122 valence electrons. The number of rotatable bonds is 6. The first-order valence-electron chi connectivity index (χ1n) is 7.49. The Balaban J connectivity index is 1.64. The van der Waals surface area contributed by atoms with E-state index < -0.39 is 0 Å². The molecule has 3 aromatic rings. The maximum absolute atomic E-state index is 12.4. The number of carbonyl (C=O) groups is 1. The van der Waals surface area contributed by atoms with E-state index in [2.05, 4.69) is 5.32 Å². The van der Waals surface area contributed by atoms with Crippen molar-refractivity contribution in [3.8, 4) is 0 Å². The zero-order chi connectivity index (χ0) is 16.8. The van der Waals surface area contributed by atoms with E-state index in [1.807, 2.05) is 36.4 Å². The van der Waals surface area contributed by atoms with Crippen LogP contribution in [0, 0.1) is 0 Å². The first-order valence-corrected chi connectivity index (χ1v) is 7.87. The maximum Gasteiger partial charge on any atom is 0.340 e. The van der Waals surface area contributed by atoms with Crippen molar-refractivity contribution in [1.29, 1.82) is 0 Å². The number of esters is 1. The molecule has 0 fully saturated rings. The van der Waals surface area contributed by atoms with E-state index in [0.29, 0.717) is 22.8 Å². The summed E-state index contributed by atoms with van der Waals surface area (Å²) in [5, 5.41) is 3.84. The third-order valence-electron chi connectivity index (χ3n) is 3.46. The Morgan fingerprint density at radius 2 is 1.83 bits per heavy atom. The Morgan fingerprint density at radius 1 is 1.04 bits per heavy atom. The number of carbonyl (C=O) groups excluding carboxylic acids is 1. The molecule has 1 heterocycles. The predicted octanol–water partition coefficient (Wildman–Crippen LogP) is 4.90. The first-order chi connectivity index (χ1) is 11.7. The molecule has 2 aromatic carbocycles. The molecule has 0 bridgehead atoms. The van der Waals surface area contributed by atoms with Gasteiger partial charge in [0.15, 0.2) is 0 Å². The predicted molar refractivity (Wildman–Crippen MR) is 93.0 cm³/mol. The topological polar surface area (TPSA) is 51.5 Å². The molecule has 0 atom stereocenters. The number of benzene rings is 2. The number of halogens is 1. The molecular weight excluding hydrogens is 326 g/mol. The van der Waals surface area contributed by atoms with Gasteiger partial charge in [0.05, 0.1) is 18.4 Å². The van der Waals surface area contributed by atoms with E-state index in [4.69, 9.17) is 20.8 Å². The molecule has 5 heteroatoms. The van der Waals surface area contributed by atoms with Crippen LogP contribution in [0.2, 0.25) is 5.02 Å². The average molecular weight is 342 g/mol. The lowest BCUT2D eigenvalue weighted by molar-refractivity contribution is 0.0474. The van der Waals surface area contributed by atoms with Crippen LogP contribution in [-0.4, -0.2) is 5.97 Å². The van der Waals surface area contributed by atoms with Gasteiger partial charge in [-0.2, -0.15) is 0 Å². The van der Waals surface area contributed by atoms with Crippen LogP contribution in [0.15, 0.2) is 71.3 Å². The molecule has 3 rings (SSSR count). The number of para-hydroxylation sites is 1. The number of hydrogen-bond donors (Lipinski definition) is 1. The second kappa shape index (κ2) is 7.70. The molecule has 0 aliphatic carbocycles. The van der Waals surface area contributed by atoms with E-state index in [1.54, 1.807) is 30.5 Å². The first kappa shape index (κ1) is 16.1. The highest BCUT2D eigenvalue weighted by molar-refractivity contribution is 6.30. The molecule has 0 radical (unpaired) electrons. The second-order valence-corrected chi connectivity index (χ2v) is 5.62. The van der Waals surface area contributed by atoms with Crippen molar-refractivity contribution in [2.24, 2.45) is 0 Å². The molecule has 0 aliphatic heterocycles. The van der Waals surface area contributed by atoms with Gasteiger partial charge in [-0.3, -0.25) is 0 Å². The fraction of sp³-hybridized carbons (Fsp3) is 0.105. The summed E-state index contributed by atoms with van der Waals surface area (Å²) < 4.78 is 10.7. The van der Waals surface area contributed by atoms with Gasteiger partial charge in [0.1, 0.15) is 12.4 Å². The average Bonchev–Trinajstić information content (AvgIpc) is 3.13. The van der Waals surface area contributed by atoms with Gasteiger partial charge in [0.25, 0.3) is 0 Å². The van der Waals surface area contributed by atoms with Crippen molar-refractivity contribution < 1.29 is 13.9 Å². The number of anilines is 1. The van der Waals surface area contributed by atoms with Gasteiger partial charge in [-0.15, -0.1) is 0 Å². The minimum Gasteiger partial charge on any atom is -0.467 e. The summed E-state index contributed by atoms with van der Waals surface area (Å²) in [5.74, 6) is 0.409. The van der Waals surface area contributed by atoms with Crippen LogP contribution in [0.3, 0.4) is 0 Å². The monoisotopic (exact) mass is 341 g/mol. The van der Waals surface area contributed by atoms with Gasteiger partial charge < -0.3 is 14.5 Å². The minimum absolute atomic E-state index is 0.197. The van der Waals surface area contributed by atoms with Gasteiger partial charge >= 0.3 is 5.97 Å². The molecule has 4 nitrogen and oxygen atoms in total. The molecule has 0 saturated heterocycles. The Kier molecular flexibility index (Phi) is 5.18. The lowest BCUT2D eigenvalue weighted by Gasteiger charge is -2.11. The van der Waals surface area contributed by atoms with Crippen molar-refractivity contribution in [2.75, 3.05) is 5.32 Å². The molecule has 1 aromatic heterocycles. The standard InChI is InChI=1S/C19H16ClNO3/c20-15-9-7-14(8-10-15)13-24-19(22)17-5-1-2-6-18(17)21-12-16-4-3-11-23-16/h1-11,21H,12-13H2. The van der Waals surface area contributed by atoms with Gasteiger partial charge in [0, 0.05) is 10.7 Å². The summed E-state index contributed by atoms with van der Waals surface area (Å²) in [6.07, 6.45) is 1.61. The molecule has 0 saturated carbocycles. The summed E-state index contributed by atoms with van der Waals surface area (Å²) in [4.78, 5) is 12.4. The van der Waals surface area contributed by atoms with Crippen molar-refractivity contribution in [1.82, 2.24) is 0 Å². The summed E-state index contributed by atoms with van der Waals surface area (Å²) in [5.41, 5.74) is 2.07. The molecular formula is C19H16ClNO3. The van der Waals surface area contributed by atoms with Crippen LogP contribution in [0.1, 0.15) is 21.7 Å². The highest BCUT2D eigenvalue weighted by atomic mass is 35.5. The number of hydrogen-bond acceptors (Lipinski definition) is 4. The van der Waals surface area contributed by atoms with Crippen molar-refractivity contribution in [3.63, 3.8) is 0 Å². The number of furan rings is 1. The van der Waals surface area contributed by atoms with Crippen LogP contribution in [0.25, 0.3) is 0 Å².